The Morgan fingerprint density at radius 2 is 2.04 bits per heavy atom. The normalized spacial score (nSPS) is 11.8. The third kappa shape index (κ3) is 8.14. The molecule has 2 rings (SSSR count). The molecule has 150 valence electrons. The molecule has 2 aromatic rings. The van der Waals surface area contributed by atoms with Gasteiger partial charge in [0.15, 0.2) is 11.8 Å². The summed E-state index contributed by atoms with van der Waals surface area (Å²) in [4.78, 5) is 8.46. The van der Waals surface area contributed by atoms with Crippen molar-refractivity contribution in [1.29, 1.82) is 0 Å². The van der Waals surface area contributed by atoms with Crippen LogP contribution in [-0.2, 0) is 19.1 Å². The zero-order valence-electron chi connectivity index (χ0n) is 15.1. The molecule has 0 fully saturated rings. The van der Waals surface area contributed by atoms with Gasteiger partial charge >= 0.3 is 6.18 Å². The summed E-state index contributed by atoms with van der Waals surface area (Å²) < 4.78 is 43.3. The van der Waals surface area contributed by atoms with Crippen LogP contribution >= 0.6 is 24.0 Å². The molecule has 0 bridgehead atoms. The molecule has 0 aliphatic heterocycles. The molecule has 0 saturated heterocycles. The van der Waals surface area contributed by atoms with Gasteiger partial charge in [-0.15, -0.1) is 24.0 Å². The number of guanidine groups is 1. The van der Waals surface area contributed by atoms with Gasteiger partial charge in [0.2, 0.25) is 5.89 Å². The van der Waals surface area contributed by atoms with E-state index in [1.807, 2.05) is 6.92 Å². The maximum absolute atomic E-state index is 12.8. The number of nitrogens with zero attached hydrogens (tertiary/aromatic N) is 3. The molecule has 6 nitrogen and oxygen atoms in total. The van der Waals surface area contributed by atoms with Gasteiger partial charge in [0.25, 0.3) is 0 Å². The van der Waals surface area contributed by atoms with Gasteiger partial charge in [-0.25, -0.2) is 4.99 Å². The van der Waals surface area contributed by atoms with Gasteiger partial charge in [-0.05, 0) is 38.0 Å². The first-order valence-electron chi connectivity index (χ1n) is 8.36. The van der Waals surface area contributed by atoms with Crippen molar-refractivity contribution in [2.75, 3.05) is 13.1 Å². The molecule has 0 saturated carbocycles. The fraction of sp³-hybridized carbons (Fsp3) is 0.471. The van der Waals surface area contributed by atoms with Gasteiger partial charge in [0.1, 0.15) is 0 Å². The second kappa shape index (κ2) is 11.1. The topological polar surface area (TPSA) is 75.3 Å². The van der Waals surface area contributed by atoms with Crippen LogP contribution in [0.25, 0.3) is 0 Å². The summed E-state index contributed by atoms with van der Waals surface area (Å²) in [6, 6.07) is 5.18. The molecule has 0 aliphatic carbocycles. The molecule has 0 amide bonds. The van der Waals surface area contributed by atoms with Crippen molar-refractivity contribution in [1.82, 2.24) is 20.8 Å². The molecule has 1 heterocycles. The second-order valence-electron chi connectivity index (χ2n) is 5.66. The molecule has 0 aliphatic rings. The van der Waals surface area contributed by atoms with Crippen LogP contribution < -0.4 is 10.6 Å². The van der Waals surface area contributed by atoms with E-state index in [-0.39, 0.29) is 30.5 Å². The van der Waals surface area contributed by atoms with Crippen molar-refractivity contribution in [3.8, 4) is 0 Å². The highest BCUT2D eigenvalue weighted by molar-refractivity contribution is 14.0. The molecule has 0 radical (unpaired) electrons. The Bertz CT molecular complexity index is 733. The van der Waals surface area contributed by atoms with E-state index in [9.17, 15) is 13.2 Å². The van der Waals surface area contributed by atoms with Crippen molar-refractivity contribution < 1.29 is 17.7 Å². The van der Waals surface area contributed by atoms with E-state index in [2.05, 4.69) is 25.8 Å². The third-order valence-corrected chi connectivity index (χ3v) is 3.45. The number of hydrogen-bond donors (Lipinski definition) is 2. The molecule has 27 heavy (non-hydrogen) atoms. The first kappa shape index (κ1) is 23.2. The van der Waals surface area contributed by atoms with Crippen LogP contribution in [0.1, 0.15) is 36.2 Å². The van der Waals surface area contributed by atoms with Gasteiger partial charge < -0.3 is 15.2 Å². The highest BCUT2D eigenvalue weighted by Crippen LogP contribution is 2.29. The summed E-state index contributed by atoms with van der Waals surface area (Å²) in [6.07, 6.45) is -2.95. The largest absolute Gasteiger partial charge is 0.416 e. The molecular formula is C17H23F3IN5O. The SMILES string of the molecule is CCNC(=NCc1cccc(C(F)(F)F)c1)NCCCc1nc(C)no1.I. The van der Waals surface area contributed by atoms with Crippen molar-refractivity contribution in [3.63, 3.8) is 0 Å². The summed E-state index contributed by atoms with van der Waals surface area (Å²) in [5, 5.41) is 9.93. The van der Waals surface area contributed by atoms with Crippen LogP contribution in [0.15, 0.2) is 33.8 Å². The van der Waals surface area contributed by atoms with Crippen LogP contribution in [0.2, 0.25) is 0 Å². The highest BCUT2D eigenvalue weighted by atomic mass is 127. The Morgan fingerprint density at radius 1 is 1.26 bits per heavy atom. The number of rotatable bonds is 7. The fourth-order valence-corrected chi connectivity index (χ4v) is 2.25. The van der Waals surface area contributed by atoms with Gasteiger partial charge in [-0.1, -0.05) is 17.3 Å². The summed E-state index contributed by atoms with van der Waals surface area (Å²) in [5.41, 5.74) is -0.170. The highest BCUT2D eigenvalue weighted by Gasteiger charge is 2.30. The first-order valence-corrected chi connectivity index (χ1v) is 8.36. The number of aryl methyl sites for hydroxylation is 2. The van der Waals surface area contributed by atoms with E-state index in [0.717, 1.165) is 18.6 Å². The smallest absolute Gasteiger partial charge is 0.357 e. The Balaban J connectivity index is 0.00000364. The average molecular weight is 497 g/mol. The molecule has 1 aromatic heterocycles. The predicted octanol–water partition coefficient (Wildman–Crippen LogP) is 3.70. The monoisotopic (exact) mass is 497 g/mol. The molecule has 1 aromatic carbocycles. The lowest BCUT2D eigenvalue weighted by atomic mass is 10.1. The minimum Gasteiger partial charge on any atom is -0.357 e. The number of aromatic nitrogens is 2. The first-order chi connectivity index (χ1) is 12.4. The number of hydrogen-bond acceptors (Lipinski definition) is 4. The van der Waals surface area contributed by atoms with Crippen molar-refractivity contribution in [2.45, 2.75) is 39.4 Å². The van der Waals surface area contributed by atoms with E-state index in [0.29, 0.717) is 42.7 Å². The van der Waals surface area contributed by atoms with Crippen LogP contribution in [0.5, 0.6) is 0 Å². The molecule has 10 heteroatoms. The number of aliphatic imine (C=N–C) groups is 1. The van der Waals surface area contributed by atoms with Crippen LogP contribution in [0, 0.1) is 6.92 Å². The zero-order chi connectivity index (χ0) is 19.0. The van der Waals surface area contributed by atoms with Gasteiger partial charge in [0.05, 0.1) is 12.1 Å². The number of benzene rings is 1. The summed E-state index contributed by atoms with van der Waals surface area (Å²) >= 11 is 0. The second-order valence-corrected chi connectivity index (χ2v) is 5.66. The number of nitrogens with one attached hydrogen (secondary N) is 2. The summed E-state index contributed by atoms with van der Waals surface area (Å²) in [6.45, 7) is 5.10. The average Bonchev–Trinajstić information content (AvgIpc) is 3.01. The van der Waals surface area contributed by atoms with E-state index < -0.39 is 11.7 Å². The van der Waals surface area contributed by atoms with E-state index in [4.69, 9.17) is 4.52 Å². The lowest BCUT2D eigenvalue weighted by Crippen LogP contribution is -2.37. The molecule has 0 atom stereocenters. The lowest BCUT2D eigenvalue weighted by Gasteiger charge is -2.11. The van der Waals surface area contributed by atoms with E-state index >= 15 is 0 Å². The Morgan fingerprint density at radius 3 is 2.67 bits per heavy atom. The zero-order valence-corrected chi connectivity index (χ0v) is 17.5. The Kier molecular flexibility index (Phi) is 9.53. The van der Waals surface area contributed by atoms with E-state index in [1.165, 1.54) is 6.07 Å². The number of alkyl halides is 3. The molecule has 0 spiro atoms. The van der Waals surface area contributed by atoms with Crippen LogP contribution in [0.4, 0.5) is 13.2 Å². The molecular weight excluding hydrogens is 474 g/mol. The van der Waals surface area contributed by atoms with Gasteiger partial charge in [-0.2, -0.15) is 18.2 Å². The maximum Gasteiger partial charge on any atom is 0.416 e. The van der Waals surface area contributed by atoms with Crippen LogP contribution in [-0.4, -0.2) is 29.2 Å². The number of halogens is 4. The predicted molar refractivity (Wildman–Crippen MR) is 107 cm³/mol. The standard InChI is InChI=1S/C17H22F3N5O.HI/c1-3-21-16(22-9-5-8-15-24-12(2)25-26-15)23-11-13-6-4-7-14(10-13)17(18,19)20;/h4,6-7,10H,3,5,8-9,11H2,1-2H3,(H2,21,22,23);1H. The summed E-state index contributed by atoms with van der Waals surface area (Å²) in [5.74, 6) is 1.73. The van der Waals surface area contributed by atoms with Crippen molar-refractivity contribution >= 4 is 29.9 Å². The lowest BCUT2D eigenvalue weighted by molar-refractivity contribution is -0.137. The Hall–Kier alpha value is -1.85. The van der Waals surface area contributed by atoms with Gasteiger partial charge in [-0.3, -0.25) is 0 Å². The van der Waals surface area contributed by atoms with E-state index in [1.54, 1.807) is 13.0 Å². The quantitative estimate of drug-likeness (QED) is 0.264. The van der Waals surface area contributed by atoms with Crippen molar-refractivity contribution in [3.05, 3.63) is 47.1 Å². The minimum absolute atomic E-state index is 0. The van der Waals surface area contributed by atoms with Crippen LogP contribution in [0.3, 0.4) is 0 Å². The minimum atomic E-state index is -4.35. The maximum atomic E-state index is 12.8. The fourth-order valence-electron chi connectivity index (χ4n) is 2.25. The summed E-state index contributed by atoms with van der Waals surface area (Å²) in [7, 11) is 0. The third-order valence-electron chi connectivity index (χ3n) is 3.45. The van der Waals surface area contributed by atoms with Gasteiger partial charge in [0, 0.05) is 19.5 Å². The molecule has 0 unspecified atom stereocenters. The molecule has 2 N–H and O–H groups in total. The van der Waals surface area contributed by atoms with Crippen molar-refractivity contribution in [2.24, 2.45) is 4.99 Å². The Labute approximate surface area is 173 Å².